The lowest BCUT2D eigenvalue weighted by Gasteiger charge is -2.44. The predicted octanol–water partition coefficient (Wildman–Crippen LogP) is 5.24. The normalized spacial score (nSPS) is 25.1. The SMILES string of the molecule is O=C(c1ccc(C2CC2)cn1)[C@]12Cc3cnn(-c4ccc(F)cc4)c3C=C1CC[C@H](S(=O)(=O)C1CCOCC1)C2. The maximum Gasteiger partial charge on any atom is 0.191 e. The zero-order valence-corrected chi connectivity index (χ0v) is 23.1. The summed E-state index contributed by atoms with van der Waals surface area (Å²) in [5.41, 5.74) is 3.92. The van der Waals surface area contributed by atoms with Crippen LogP contribution in [0.2, 0.25) is 0 Å². The molecule has 4 aliphatic rings. The fourth-order valence-electron chi connectivity index (χ4n) is 6.85. The summed E-state index contributed by atoms with van der Waals surface area (Å²) in [6, 6.07) is 9.97. The molecule has 3 aliphatic carbocycles. The van der Waals surface area contributed by atoms with Crippen LogP contribution in [-0.2, 0) is 21.0 Å². The van der Waals surface area contributed by atoms with Gasteiger partial charge in [0.05, 0.1) is 33.5 Å². The first kappa shape index (κ1) is 25.8. The number of Topliss-reactive ketones (excluding diaryl/α,β-unsaturated/α-hetero) is 1. The van der Waals surface area contributed by atoms with E-state index in [9.17, 15) is 17.6 Å². The summed E-state index contributed by atoms with van der Waals surface area (Å²) in [6.45, 7) is 0.907. The van der Waals surface area contributed by atoms with Crippen LogP contribution in [0.1, 0.15) is 78.2 Å². The van der Waals surface area contributed by atoms with Gasteiger partial charge in [0, 0.05) is 19.4 Å². The van der Waals surface area contributed by atoms with Crippen molar-refractivity contribution in [2.45, 2.75) is 67.8 Å². The lowest BCUT2D eigenvalue weighted by atomic mass is 9.61. The van der Waals surface area contributed by atoms with Gasteiger partial charge in [0.25, 0.3) is 0 Å². The van der Waals surface area contributed by atoms with E-state index < -0.39 is 25.8 Å². The Morgan fingerprint density at radius 1 is 0.975 bits per heavy atom. The summed E-state index contributed by atoms with van der Waals surface area (Å²) >= 11 is 0. The van der Waals surface area contributed by atoms with Gasteiger partial charge in [-0.25, -0.2) is 17.5 Å². The van der Waals surface area contributed by atoms with Crippen molar-refractivity contribution in [1.29, 1.82) is 0 Å². The minimum Gasteiger partial charge on any atom is -0.381 e. The average Bonchev–Trinajstić information content (AvgIpc) is 3.76. The molecule has 1 aliphatic heterocycles. The highest BCUT2D eigenvalue weighted by molar-refractivity contribution is 7.92. The van der Waals surface area contributed by atoms with E-state index in [4.69, 9.17) is 4.74 Å². The predicted molar refractivity (Wildman–Crippen MR) is 149 cm³/mol. The monoisotopic (exact) mass is 561 g/mol. The van der Waals surface area contributed by atoms with E-state index in [1.54, 1.807) is 23.0 Å². The summed E-state index contributed by atoms with van der Waals surface area (Å²) in [5.74, 6) is 0.0913. The van der Waals surface area contributed by atoms with E-state index in [1.165, 1.54) is 12.1 Å². The fraction of sp³-hybridized carbons (Fsp3) is 0.452. The minimum atomic E-state index is -3.45. The van der Waals surface area contributed by atoms with Crippen LogP contribution in [0.3, 0.4) is 0 Å². The Hall–Kier alpha value is -3.17. The number of fused-ring (bicyclic) bond motifs is 2. The Morgan fingerprint density at radius 3 is 2.45 bits per heavy atom. The average molecular weight is 562 g/mol. The molecule has 7 nitrogen and oxygen atoms in total. The number of aromatic nitrogens is 3. The lowest BCUT2D eigenvalue weighted by molar-refractivity contribution is 0.0794. The molecule has 2 aromatic heterocycles. The molecular formula is C31H32FN3O4S. The number of halogens is 1. The molecule has 3 heterocycles. The van der Waals surface area contributed by atoms with Gasteiger partial charge in [-0.05, 0) is 105 Å². The summed E-state index contributed by atoms with van der Waals surface area (Å²) in [4.78, 5) is 19.0. The Labute approximate surface area is 233 Å². The largest absolute Gasteiger partial charge is 0.381 e. The second-order valence-electron chi connectivity index (χ2n) is 11.7. The molecule has 0 N–H and O–H groups in total. The zero-order chi connectivity index (χ0) is 27.5. The molecule has 9 heteroatoms. The molecule has 208 valence electrons. The van der Waals surface area contributed by atoms with E-state index in [2.05, 4.69) is 10.1 Å². The van der Waals surface area contributed by atoms with E-state index in [0.717, 1.165) is 40.9 Å². The van der Waals surface area contributed by atoms with Crippen molar-refractivity contribution >= 4 is 21.7 Å². The number of allylic oxidation sites excluding steroid dienone is 1. The van der Waals surface area contributed by atoms with Crippen LogP contribution < -0.4 is 0 Å². The smallest absolute Gasteiger partial charge is 0.191 e. The van der Waals surface area contributed by atoms with E-state index >= 15 is 0 Å². The molecule has 1 aromatic carbocycles. The number of carbonyl (C=O) groups excluding carboxylic acids is 1. The first-order chi connectivity index (χ1) is 19.3. The van der Waals surface area contributed by atoms with Gasteiger partial charge in [0.2, 0.25) is 0 Å². The first-order valence-corrected chi connectivity index (χ1v) is 15.8. The van der Waals surface area contributed by atoms with Gasteiger partial charge < -0.3 is 4.74 Å². The van der Waals surface area contributed by atoms with E-state index in [0.29, 0.717) is 56.9 Å². The molecule has 7 rings (SSSR count). The Balaban J connectivity index is 1.29. The second-order valence-corrected chi connectivity index (χ2v) is 14.2. The van der Waals surface area contributed by atoms with Crippen LogP contribution in [0.25, 0.3) is 11.8 Å². The van der Waals surface area contributed by atoms with Crippen LogP contribution in [-0.4, -0.2) is 52.7 Å². The highest BCUT2D eigenvalue weighted by Crippen LogP contribution is 2.52. The van der Waals surface area contributed by atoms with Gasteiger partial charge in [0.15, 0.2) is 15.6 Å². The molecule has 2 atom stereocenters. The molecule has 0 spiro atoms. The molecule has 3 aromatic rings. The second kappa shape index (κ2) is 9.73. The topological polar surface area (TPSA) is 91.1 Å². The van der Waals surface area contributed by atoms with Gasteiger partial charge >= 0.3 is 0 Å². The van der Waals surface area contributed by atoms with Crippen molar-refractivity contribution < 1.29 is 22.3 Å². The van der Waals surface area contributed by atoms with E-state index in [-0.39, 0.29) is 18.0 Å². The van der Waals surface area contributed by atoms with Gasteiger partial charge in [-0.3, -0.25) is 9.78 Å². The molecule has 1 saturated heterocycles. The number of sulfone groups is 1. The third kappa shape index (κ3) is 4.34. The van der Waals surface area contributed by atoms with Crippen molar-refractivity contribution in [3.63, 3.8) is 0 Å². The standard InChI is InChI=1S/C31H32FN3O4S/c32-24-5-7-25(8-6-24)35-29-15-23-4-9-27(40(37,38)26-11-13-39-14-12-26)17-31(23,16-22(29)19-34-35)30(36)28-10-3-21(18-33-28)20-1-2-20/h3,5-8,10,15,18-20,26-27H,1-2,4,9,11-14,16-17H2/t27-,31-/m0/s1. The van der Waals surface area contributed by atoms with Crippen molar-refractivity contribution in [2.75, 3.05) is 13.2 Å². The quantitative estimate of drug-likeness (QED) is 0.383. The molecule has 0 radical (unpaired) electrons. The summed E-state index contributed by atoms with van der Waals surface area (Å²) < 4.78 is 48.5. The number of ether oxygens (including phenoxy) is 1. The van der Waals surface area contributed by atoms with Crippen LogP contribution >= 0.6 is 0 Å². The maximum absolute atomic E-state index is 14.4. The van der Waals surface area contributed by atoms with Gasteiger partial charge in [0.1, 0.15) is 11.5 Å². The number of nitrogens with zero attached hydrogens (tertiary/aromatic N) is 3. The maximum atomic E-state index is 14.4. The summed E-state index contributed by atoms with van der Waals surface area (Å²) in [5, 5.41) is 3.56. The van der Waals surface area contributed by atoms with Crippen molar-refractivity contribution in [1.82, 2.24) is 14.8 Å². The van der Waals surface area contributed by atoms with Crippen LogP contribution in [0, 0.1) is 11.2 Å². The third-order valence-corrected chi connectivity index (χ3v) is 12.0. The molecular weight excluding hydrogens is 529 g/mol. The van der Waals surface area contributed by atoms with Gasteiger partial charge in [-0.15, -0.1) is 0 Å². The molecule has 0 unspecified atom stereocenters. The molecule has 40 heavy (non-hydrogen) atoms. The van der Waals surface area contributed by atoms with Crippen molar-refractivity contribution in [3.8, 4) is 5.69 Å². The Bertz CT molecular complexity index is 1590. The summed E-state index contributed by atoms with van der Waals surface area (Å²) in [6.07, 6.45) is 10.5. The number of carbonyl (C=O) groups is 1. The van der Waals surface area contributed by atoms with Gasteiger partial charge in [-0.2, -0.15) is 5.10 Å². The van der Waals surface area contributed by atoms with Crippen LogP contribution in [0.4, 0.5) is 4.39 Å². The zero-order valence-electron chi connectivity index (χ0n) is 22.3. The number of pyridine rings is 1. The van der Waals surface area contributed by atoms with Crippen molar-refractivity contribution in [3.05, 3.63) is 82.7 Å². The van der Waals surface area contributed by atoms with E-state index in [1.807, 2.05) is 24.4 Å². The number of ketones is 1. The summed E-state index contributed by atoms with van der Waals surface area (Å²) in [7, 11) is -3.45. The van der Waals surface area contributed by atoms with Crippen molar-refractivity contribution in [2.24, 2.45) is 5.41 Å². The minimum absolute atomic E-state index is 0.117. The van der Waals surface area contributed by atoms with Crippen LogP contribution in [0.5, 0.6) is 0 Å². The highest BCUT2D eigenvalue weighted by atomic mass is 32.2. The molecule has 0 amide bonds. The molecule has 0 bridgehead atoms. The fourth-order valence-corrected chi connectivity index (χ4v) is 9.21. The first-order valence-electron chi connectivity index (χ1n) is 14.2. The number of hydrogen-bond donors (Lipinski definition) is 0. The molecule has 3 fully saturated rings. The molecule has 2 saturated carbocycles. The lowest BCUT2D eigenvalue weighted by Crippen LogP contribution is -2.48. The van der Waals surface area contributed by atoms with Gasteiger partial charge in [-0.1, -0.05) is 11.6 Å². The number of hydrogen-bond acceptors (Lipinski definition) is 6. The van der Waals surface area contributed by atoms with Crippen LogP contribution in [0.15, 0.2) is 54.4 Å². The number of rotatable bonds is 6. The highest BCUT2D eigenvalue weighted by Gasteiger charge is 2.52. The Kier molecular flexibility index (Phi) is 6.27. The number of benzene rings is 1. The third-order valence-electron chi connectivity index (χ3n) is 9.29. The Morgan fingerprint density at radius 2 is 1.75 bits per heavy atom.